The molecular weight excluding hydrogens is 511 g/mol. The van der Waals surface area contributed by atoms with Crippen molar-refractivity contribution < 1.29 is 22.7 Å². The topological polar surface area (TPSA) is 94.6 Å². The fourth-order valence-electron chi connectivity index (χ4n) is 4.27. The number of hydrogen-bond acceptors (Lipinski definition) is 7. The molecule has 2 amide bonds. The molecule has 4 rings (SSSR count). The van der Waals surface area contributed by atoms with Gasteiger partial charge >= 0.3 is 12.2 Å². The van der Waals surface area contributed by atoms with Gasteiger partial charge in [0.15, 0.2) is 0 Å². The Morgan fingerprint density at radius 3 is 2.31 bits per heavy atom. The summed E-state index contributed by atoms with van der Waals surface area (Å²) in [5.74, 6) is 1.43. The normalized spacial score (nSPS) is 14.7. The Morgan fingerprint density at radius 2 is 1.67 bits per heavy atom. The summed E-state index contributed by atoms with van der Waals surface area (Å²) in [6.45, 7) is 7.90. The summed E-state index contributed by atoms with van der Waals surface area (Å²) in [4.78, 5) is 25.1. The number of anilines is 3. The number of urea groups is 1. The van der Waals surface area contributed by atoms with E-state index in [4.69, 9.17) is 4.74 Å². The van der Waals surface area contributed by atoms with Crippen molar-refractivity contribution in [2.45, 2.75) is 32.6 Å². The van der Waals surface area contributed by atoms with Crippen LogP contribution in [0.25, 0.3) is 0 Å². The lowest BCUT2D eigenvalue weighted by Crippen LogP contribution is -2.48. The van der Waals surface area contributed by atoms with Gasteiger partial charge in [0.05, 0.1) is 5.56 Å². The maximum Gasteiger partial charge on any atom is 0.416 e. The molecular formula is C27H32F3N7O2. The summed E-state index contributed by atoms with van der Waals surface area (Å²) in [7, 11) is 1.73. The van der Waals surface area contributed by atoms with Crippen LogP contribution >= 0.6 is 0 Å². The highest BCUT2D eigenvalue weighted by Gasteiger charge is 2.31. The third-order valence-corrected chi connectivity index (χ3v) is 6.35. The molecule has 0 unspecified atom stereocenters. The molecule has 12 heteroatoms. The van der Waals surface area contributed by atoms with E-state index >= 15 is 0 Å². The van der Waals surface area contributed by atoms with E-state index in [1.54, 1.807) is 43.4 Å². The monoisotopic (exact) mass is 543 g/mol. The fourth-order valence-corrected chi connectivity index (χ4v) is 4.27. The van der Waals surface area contributed by atoms with Gasteiger partial charge in [0.1, 0.15) is 17.9 Å². The summed E-state index contributed by atoms with van der Waals surface area (Å²) in [5, 5.41) is 8.07. The molecule has 1 aliphatic heterocycles. The third-order valence-electron chi connectivity index (χ3n) is 6.35. The summed E-state index contributed by atoms with van der Waals surface area (Å²) >= 11 is 0. The number of ether oxygens (including phenoxy) is 1. The van der Waals surface area contributed by atoms with E-state index in [1.165, 1.54) is 6.33 Å². The van der Waals surface area contributed by atoms with Crippen molar-refractivity contribution in [2.75, 3.05) is 49.2 Å². The van der Waals surface area contributed by atoms with Gasteiger partial charge in [-0.2, -0.15) is 13.2 Å². The molecule has 1 aliphatic rings. The number of nitrogens with zero attached hydrogens (tertiary/aromatic N) is 4. The van der Waals surface area contributed by atoms with E-state index in [2.05, 4.69) is 49.6 Å². The largest absolute Gasteiger partial charge is 0.439 e. The summed E-state index contributed by atoms with van der Waals surface area (Å²) in [6.07, 6.45) is -3.17. The molecule has 39 heavy (non-hydrogen) atoms. The van der Waals surface area contributed by atoms with E-state index in [-0.39, 0.29) is 5.69 Å². The number of piperazine rings is 1. The van der Waals surface area contributed by atoms with Gasteiger partial charge in [-0.1, -0.05) is 0 Å². The van der Waals surface area contributed by atoms with Crippen molar-refractivity contribution in [2.24, 2.45) is 0 Å². The number of aromatic nitrogens is 2. The Balaban J connectivity index is 1.39. The lowest BCUT2D eigenvalue weighted by molar-refractivity contribution is -0.137. The highest BCUT2D eigenvalue weighted by molar-refractivity contribution is 5.99. The summed E-state index contributed by atoms with van der Waals surface area (Å²) in [5.41, 5.74) is 0.199. The van der Waals surface area contributed by atoms with Crippen molar-refractivity contribution in [3.05, 3.63) is 66.0 Å². The average molecular weight is 544 g/mol. The van der Waals surface area contributed by atoms with E-state index < -0.39 is 17.8 Å². The molecule has 3 aromatic rings. The Kier molecular flexibility index (Phi) is 8.87. The molecule has 1 fully saturated rings. The molecule has 3 N–H and O–H groups in total. The predicted molar refractivity (Wildman–Crippen MR) is 144 cm³/mol. The number of rotatable bonds is 8. The lowest BCUT2D eigenvalue weighted by Gasteiger charge is -2.37. The standard InChI is InChI=1S/C27H32F3N7O2/c1-18(2)37-10-8-36(9-11-37)16-19-12-20(27(28,29)30)14-22(13-19)35-26(38)34-21-4-6-23(7-5-21)39-25-15-24(31-3)32-17-33-25/h4-7,12-15,17-18H,8-11,16H2,1-3H3,(H,31,32,33)(H2,34,35,38). The molecule has 1 aromatic heterocycles. The molecule has 0 bridgehead atoms. The van der Waals surface area contributed by atoms with Crippen LogP contribution in [0.4, 0.5) is 35.2 Å². The van der Waals surface area contributed by atoms with Crippen molar-refractivity contribution >= 4 is 23.2 Å². The van der Waals surface area contributed by atoms with Crippen LogP contribution in [0.1, 0.15) is 25.0 Å². The smallest absolute Gasteiger partial charge is 0.416 e. The zero-order valence-corrected chi connectivity index (χ0v) is 22.0. The second-order valence-corrected chi connectivity index (χ2v) is 9.52. The van der Waals surface area contributed by atoms with Crippen molar-refractivity contribution in [1.82, 2.24) is 19.8 Å². The number of benzene rings is 2. The molecule has 2 aromatic carbocycles. The van der Waals surface area contributed by atoms with Gasteiger partial charge in [0, 0.05) is 63.3 Å². The lowest BCUT2D eigenvalue weighted by atomic mass is 10.1. The average Bonchev–Trinajstić information content (AvgIpc) is 2.89. The Hall–Kier alpha value is -3.90. The fraction of sp³-hybridized carbons (Fsp3) is 0.370. The molecule has 208 valence electrons. The maximum atomic E-state index is 13.6. The quantitative estimate of drug-likeness (QED) is 0.345. The molecule has 9 nitrogen and oxygen atoms in total. The van der Waals surface area contributed by atoms with Gasteiger partial charge in [-0.15, -0.1) is 0 Å². The molecule has 0 atom stereocenters. The van der Waals surface area contributed by atoms with E-state index in [0.29, 0.717) is 41.3 Å². The second-order valence-electron chi connectivity index (χ2n) is 9.52. The number of nitrogens with one attached hydrogen (secondary N) is 3. The number of halogens is 3. The second kappa shape index (κ2) is 12.3. The van der Waals surface area contributed by atoms with Crippen LogP contribution in [0.3, 0.4) is 0 Å². The van der Waals surface area contributed by atoms with Crippen LogP contribution in [0, 0.1) is 0 Å². The number of carbonyl (C=O) groups is 1. The van der Waals surface area contributed by atoms with Gasteiger partial charge in [0.25, 0.3) is 0 Å². The Morgan fingerprint density at radius 1 is 0.974 bits per heavy atom. The van der Waals surface area contributed by atoms with Crippen LogP contribution < -0.4 is 20.7 Å². The van der Waals surface area contributed by atoms with Crippen LogP contribution in [0.15, 0.2) is 54.9 Å². The van der Waals surface area contributed by atoms with Crippen LogP contribution in [-0.4, -0.2) is 65.1 Å². The van der Waals surface area contributed by atoms with Gasteiger partial charge in [0.2, 0.25) is 5.88 Å². The van der Waals surface area contributed by atoms with E-state index in [0.717, 1.165) is 38.3 Å². The minimum absolute atomic E-state index is 0.0715. The van der Waals surface area contributed by atoms with Crippen molar-refractivity contribution in [1.29, 1.82) is 0 Å². The molecule has 1 saturated heterocycles. The summed E-state index contributed by atoms with van der Waals surface area (Å²) in [6, 6.07) is 11.6. The van der Waals surface area contributed by atoms with Gasteiger partial charge in [-0.05, 0) is 61.9 Å². The van der Waals surface area contributed by atoms with E-state index in [9.17, 15) is 18.0 Å². The first-order valence-corrected chi connectivity index (χ1v) is 12.6. The molecule has 0 aliphatic carbocycles. The van der Waals surface area contributed by atoms with Gasteiger partial charge in [-0.25, -0.2) is 14.8 Å². The minimum Gasteiger partial charge on any atom is -0.439 e. The number of hydrogen-bond donors (Lipinski definition) is 3. The van der Waals surface area contributed by atoms with Crippen LogP contribution in [0.2, 0.25) is 0 Å². The van der Waals surface area contributed by atoms with Gasteiger partial charge < -0.3 is 20.7 Å². The summed E-state index contributed by atoms with van der Waals surface area (Å²) < 4.78 is 46.5. The molecule has 0 radical (unpaired) electrons. The molecule has 2 heterocycles. The third kappa shape index (κ3) is 8.04. The van der Waals surface area contributed by atoms with Crippen LogP contribution in [0.5, 0.6) is 11.6 Å². The highest BCUT2D eigenvalue weighted by atomic mass is 19.4. The first-order chi connectivity index (χ1) is 18.6. The molecule has 0 saturated carbocycles. The Labute approximate surface area is 225 Å². The van der Waals surface area contributed by atoms with Crippen LogP contribution in [-0.2, 0) is 12.7 Å². The zero-order valence-electron chi connectivity index (χ0n) is 22.0. The SMILES string of the molecule is CNc1cc(Oc2ccc(NC(=O)Nc3cc(CN4CCN(C(C)C)CC4)cc(C(F)(F)F)c3)cc2)ncn1. The number of alkyl halides is 3. The van der Waals surface area contributed by atoms with Crippen molar-refractivity contribution in [3.63, 3.8) is 0 Å². The Bertz CT molecular complexity index is 1260. The number of amides is 2. The predicted octanol–water partition coefficient (Wildman–Crippen LogP) is 5.50. The first-order valence-electron chi connectivity index (χ1n) is 12.6. The zero-order chi connectivity index (χ0) is 28.0. The minimum atomic E-state index is -4.54. The highest BCUT2D eigenvalue weighted by Crippen LogP contribution is 2.32. The maximum absolute atomic E-state index is 13.6. The van der Waals surface area contributed by atoms with Crippen molar-refractivity contribution in [3.8, 4) is 11.6 Å². The number of carbonyl (C=O) groups excluding carboxylic acids is 1. The molecule has 0 spiro atoms. The van der Waals surface area contributed by atoms with E-state index in [1.807, 2.05) is 0 Å². The van der Waals surface area contributed by atoms with Gasteiger partial charge in [-0.3, -0.25) is 9.80 Å². The first kappa shape index (κ1) is 28.1.